The number of amides is 1. The fraction of sp³-hybridized carbons (Fsp3) is 0.143. The van der Waals surface area contributed by atoms with E-state index in [0.717, 1.165) is 6.20 Å². The monoisotopic (exact) mass is 154 g/mol. The first-order valence-corrected chi connectivity index (χ1v) is 3.06. The molecule has 0 aliphatic rings. The van der Waals surface area contributed by atoms with Crippen molar-refractivity contribution in [1.82, 2.24) is 4.98 Å². The van der Waals surface area contributed by atoms with E-state index in [0.29, 0.717) is 5.56 Å². The molecule has 2 N–H and O–H groups in total. The fourth-order valence-corrected chi connectivity index (χ4v) is 0.754. The van der Waals surface area contributed by atoms with Crippen molar-refractivity contribution in [2.75, 3.05) is 0 Å². The molecule has 0 radical (unpaired) electrons. The van der Waals surface area contributed by atoms with Crippen LogP contribution in [-0.2, 0) is 11.2 Å². The Morgan fingerprint density at radius 1 is 1.64 bits per heavy atom. The molecular formula is C7H7FN2O. The van der Waals surface area contributed by atoms with Crippen molar-refractivity contribution >= 4 is 5.91 Å². The molecule has 1 aromatic rings. The highest BCUT2D eigenvalue weighted by atomic mass is 19.1. The topological polar surface area (TPSA) is 56.0 Å². The van der Waals surface area contributed by atoms with Crippen LogP contribution in [0.2, 0.25) is 0 Å². The summed E-state index contributed by atoms with van der Waals surface area (Å²) in [7, 11) is 0. The largest absolute Gasteiger partial charge is 0.369 e. The van der Waals surface area contributed by atoms with Gasteiger partial charge in [-0.2, -0.15) is 0 Å². The lowest BCUT2D eigenvalue weighted by Crippen LogP contribution is -2.13. The molecule has 1 heterocycles. The van der Waals surface area contributed by atoms with Crippen molar-refractivity contribution in [3.8, 4) is 0 Å². The molecule has 0 aliphatic carbocycles. The Morgan fingerprint density at radius 2 is 2.36 bits per heavy atom. The fourth-order valence-electron chi connectivity index (χ4n) is 0.754. The Balaban J connectivity index is 2.79. The summed E-state index contributed by atoms with van der Waals surface area (Å²) in [6, 6.07) is 1.23. The molecule has 0 fully saturated rings. The van der Waals surface area contributed by atoms with Crippen LogP contribution in [0, 0.1) is 5.82 Å². The van der Waals surface area contributed by atoms with Gasteiger partial charge in [0.25, 0.3) is 0 Å². The van der Waals surface area contributed by atoms with E-state index in [1.807, 2.05) is 0 Å². The zero-order valence-electron chi connectivity index (χ0n) is 5.75. The molecule has 4 heteroatoms. The van der Waals surface area contributed by atoms with Gasteiger partial charge in [0.2, 0.25) is 5.91 Å². The third-order valence-corrected chi connectivity index (χ3v) is 1.14. The Morgan fingerprint density at radius 3 is 2.91 bits per heavy atom. The number of rotatable bonds is 2. The van der Waals surface area contributed by atoms with Crippen LogP contribution in [0.3, 0.4) is 0 Å². The molecular weight excluding hydrogens is 147 g/mol. The molecule has 0 saturated heterocycles. The van der Waals surface area contributed by atoms with E-state index in [4.69, 9.17) is 5.73 Å². The minimum atomic E-state index is -0.489. The van der Waals surface area contributed by atoms with Crippen LogP contribution in [0.25, 0.3) is 0 Å². The zero-order chi connectivity index (χ0) is 8.27. The van der Waals surface area contributed by atoms with Crippen LogP contribution >= 0.6 is 0 Å². The number of aromatic nitrogens is 1. The average molecular weight is 154 g/mol. The number of hydrogen-bond donors (Lipinski definition) is 1. The highest BCUT2D eigenvalue weighted by Crippen LogP contribution is 2.00. The second-order valence-corrected chi connectivity index (χ2v) is 2.15. The number of nitrogens with two attached hydrogens (primary N) is 1. The van der Waals surface area contributed by atoms with Crippen LogP contribution in [-0.4, -0.2) is 10.9 Å². The molecule has 58 valence electrons. The first-order valence-electron chi connectivity index (χ1n) is 3.06. The first-order chi connectivity index (χ1) is 5.18. The normalized spacial score (nSPS) is 9.55. The lowest BCUT2D eigenvalue weighted by Gasteiger charge is -1.94. The van der Waals surface area contributed by atoms with Crippen LogP contribution in [0.1, 0.15) is 5.56 Å². The van der Waals surface area contributed by atoms with Crippen molar-refractivity contribution in [3.63, 3.8) is 0 Å². The van der Waals surface area contributed by atoms with Gasteiger partial charge in [-0.15, -0.1) is 0 Å². The molecule has 0 saturated carbocycles. The van der Waals surface area contributed by atoms with E-state index < -0.39 is 11.7 Å². The molecule has 11 heavy (non-hydrogen) atoms. The summed E-state index contributed by atoms with van der Waals surface area (Å²) in [5.74, 6) is -0.943. The van der Waals surface area contributed by atoms with Gasteiger partial charge in [0.15, 0.2) is 0 Å². The average Bonchev–Trinajstić information content (AvgIpc) is 1.85. The zero-order valence-corrected chi connectivity index (χ0v) is 5.75. The molecule has 1 amide bonds. The van der Waals surface area contributed by atoms with Gasteiger partial charge in [-0.1, -0.05) is 0 Å². The maximum absolute atomic E-state index is 12.4. The van der Waals surface area contributed by atoms with Crippen molar-refractivity contribution < 1.29 is 9.18 Å². The van der Waals surface area contributed by atoms with E-state index in [-0.39, 0.29) is 6.42 Å². The summed E-state index contributed by atoms with van der Waals surface area (Å²) in [5, 5.41) is 0. The van der Waals surface area contributed by atoms with E-state index in [9.17, 15) is 9.18 Å². The Kier molecular flexibility index (Phi) is 2.15. The van der Waals surface area contributed by atoms with Crippen molar-refractivity contribution in [1.29, 1.82) is 0 Å². The van der Waals surface area contributed by atoms with E-state index in [1.165, 1.54) is 12.3 Å². The molecule has 0 unspecified atom stereocenters. The Labute approximate surface area is 63.0 Å². The minimum Gasteiger partial charge on any atom is -0.369 e. The SMILES string of the molecule is NC(=O)Cc1cncc(F)c1. The Bertz CT molecular complexity index is 275. The van der Waals surface area contributed by atoms with Gasteiger partial charge in [0.05, 0.1) is 12.6 Å². The summed E-state index contributed by atoms with van der Waals surface area (Å²) >= 11 is 0. The molecule has 0 aliphatic heterocycles. The number of halogens is 1. The summed E-state index contributed by atoms with van der Waals surface area (Å²) in [6.45, 7) is 0. The maximum Gasteiger partial charge on any atom is 0.221 e. The van der Waals surface area contributed by atoms with Gasteiger partial charge in [0, 0.05) is 6.20 Å². The van der Waals surface area contributed by atoms with E-state index in [1.54, 1.807) is 0 Å². The smallest absolute Gasteiger partial charge is 0.221 e. The van der Waals surface area contributed by atoms with Crippen LogP contribution in [0.5, 0.6) is 0 Å². The molecule has 1 rings (SSSR count). The molecule has 0 bridgehead atoms. The second kappa shape index (κ2) is 3.09. The predicted octanol–water partition coefficient (Wildman–Crippen LogP) is 0.248. The highest BCUT2D eigenvalue weighted by Gasteiger charge is 1.99. The third kappa shape index (κ3) is 2.33. The lowest BCUT2D eigenvalue weighted by molar-refractivity contribution is -0.117. The molecule has 0 atom stereocenters. The number of primary amides is 1. The molecule has 1 aromatic heterocycles. The number of pyridine rings is 1. The van der Waals surface area contributed by atoms with Gasteiger partial charge in [-0.05, 0) is 11.6 Å². The summed E-state index contributed by atoms with van der Waals surface area (Å²) in [5.41, 5.74) is 5.38. The summed E-state index contributed by atoms with van der Waals surface area (Å²) in [4.78, 5) is 13.9. The number of hydrogen-bond acceptors (Lipinski definition) is 2. The van der Waals surface area contributed by atoms with Gasteiger partial charge in [0.1, 0.15) is 5.82 Å². The maximum atomic E-state index is 12.4. The molecule has 0 aromatic carbocycles. The predicted molar refractivity (Wildman–Crippen MR) is 37.1 cm³/mol. The summed E-state index contributed by atoms with van der Waals surface area (Å²) < 4.78 is 12.4. The Hall–Kier alpha value is -1.45. The third-order valence-electron chi connectivity index (χ3n) is 1.14. The van der Waals surface area contributed by atoms with Gasteiger partial charge < -0.3 is 5.73 Å². The quantitative estimate of drug-likeness (QED) is 0.663. The van der Waals surface area contributed by atoms with E-state index >= 15 is 0 Å². The van der Waals surface area contributed by atoms with E-state index in [2.05, 4.69) is 4.98 Å². The first kappa shape index (κ1) is 7.65. The van der Waals surface area contributed by atoms with Crippen molar-refractivity contribution in [3.05, 3.63) is 29.8 Å². The highest BCUT2D eigenvalue weighted by molar-refractivity contribution is 5.76. The van der Waals surface area contributed by atoms with Gasteiger partial charge in [-0.3, -0.25) is 9.78 Å². The van der Waals surface area contributed by atoms with Gasteiger partial charge >= 0.3 is 0 Å². The minimum absolute atomic E-state index is 0.0325. The van der Waals surface area contributed by atoms with Crippen LogP contribution in [0.15, 0.2) is 18.5 Å². The van der Waals surface area contributed by atoms with Crippen molar-refractivity contribution in [2.24, 2.45) is 5.73 Å². The number of carbonyl (C=O) groups excluding carboxylic acids is 1. The lowest BCUT2D eigenvalue weighted by atomic mass is 10.2. The van der Waals surface area contributed by atoms with Crippen molar-refractivity contribution in [2.45, 2.75) is 6.42 Å². The molecule has 3 nitrogen and oxygen atoms in total. The summed E-state index contributed by atoms with van der Waals surface area (Å²) in [6.07, 6.45) is 2.52. The van der Waals surface area contributed by atoms with Crippen LogP contribution in [0.4, 0.5) is 4.39 Å². The number of nitrogens with zero attached hydrogens (tertiary/aromatic N) is 1. The second-order valence-electron chi connectivity index (χ2n) is 2.15. The molecule has 0 spiro atoms. The standard InChI is InChI=1S/C7H7FN2O/c8-6-1-5(2-7(9)11)3-10-4-6/h1,3-4H,2H2,(H2,9,11). The van der Waals surface area contributed by atoms with Crippen LogP contribution < -0.4 is 5.73 Å². The van der Waals surface area contributed by atoms with Gasteiger partial charge in [-0.25, -0.2) is 4.39 Å². The number of carbonyl (C=O) groups is 1.